The van der Waals surface area contributed by atoms with E-state index in [1.165, 1.54) is 19.2 Å². The fraction of sp³-hybridized carbons (Fsp3) is 0.533. The van der Waals surface area contributed by atoms with E-state index in [0.717, 1.165) is 25.0 Å². The highest BCUT2D eigenvalue weighted by molar-refractivity contribution is 5.73. The number of hydrogen-bond donors (Lipinski definition) is 1. The monoisotopic (exact) mass is 304 g/mol. The van der Waals surface area contributed by atoms with Gasteiger partial charge in [-0.05, 0) is 24.1 Å². The second kappa shape index (κ2) is 7.45. The Labute approximate surface area is 121 Å². The number of unbranched alkanes of at least 4 members (excludes halogenated alkanes) is 1. The van der Waals surface area contributed by atoms with E-state index in [1.54, 1.807) is 0 Å². The Morgan fingerprint density at radius 2 is 1.86 bits per heavy atom. The molecule has 1 aromatic carbocycles. The molecule has 0 aromatic heterocycles. The zero-order valence-electron chi connectivity index (χ0n) is 12.0. The minimum Gasteiger partial charge on any atom is -0.469 e. The lowest BCUT2D eigenvalue weighted by Crippen LogP contribution is -2.23. The van der Waals surface area contributed by atoms with Crippen molar-refractivity contribution in [2.75, 3.05) is 7.11 Å². The summed E-state index contributed by atoms with van der Waals surface area (Å²) in [6.45, 7) is 1.94. The molecule has 21 heavy (non-hydrogen) atoms. The molecule has 1 aromatic rings. The van der Waals surface area contributed by atoms with Gasteiger partial charge in [-0.2, -0.15) is 13.2 Å². The second-order valence-electron chi connectivity index (χ2n) is 4.84. The van der Waals surface area contributed by atoms with Crippen LogP contribution in [0.2, 0.25) is 0 Å². The van der Waals surface area contributed by atoms with Crippen LogP contribution in [0.5, 0.6) is 0 Å². The number of esters is 1. The molecule has 0 aliphatic rings. The van der Waals surface area contributed by atoms with Crippen LogP contribution in [0.1, 0.15) is 43.4 Å². The number of alkyl halides is 3. The van der Waals surface area contributed by atoms with Crippen LogP contribution in [0.25, 0.3) is 0 Å². The van der Waals surface area contributed by atoms with Crippen LogP contribution in [0, 0.1) is 5.92 Å². The summed E-state index contributed by atoms with van der Waals surface area (Å²) >= 11 is 0. The largest absolute Gasteiger partial charge is 0.469 e. The molecule has 0 aliphatic heterocycles. The molecule has 2 unspecified atom stereocenters. The standard InChI is InChI=1S/C15H19F3O3/c1-3-4-5-12(14(20)21-2)13(19)10-6-8-11(9-7-10)15(16,17)18/h6-9,12-13,19H,3-5H2,1-2H3. The summed E-state index contributed by atoms with van der Waals surface area (Å²) in [5.41, 5.74) is -0.517. The van der Waals surface area contributed by atoms with Crippen LogP contribution >= 0.6 is 0 Å². The molecule has 2 atom stereocenters. The van der Waals surface area contributed by atoms with E-state index in [0.29, 0.717) is 6.42 Å². The number of hydrogen-bond acceptors (Lipinski definition) is 3. The van der Waals surface area contributed by atoms with Gasteiger partial charge in [-0.3, -0.25) is 4.79 Å². The second-order valence-corrected chi connectivity index (χ2v) is 4.84. The summed E-state index contributed by atoms with van der Waals surface area (Å²) in [7, 11) is 1.22. The number of carbonyl (C=O) groups is 1. The van der Waals surface area contributed by atoms with Gasteiger partial charge in [0.05, 0.1) is 24.7 Å². The lowest BCUT2D eigenvalue weighted by molar-refractivity contribution is -0.150. The molecule has 0 fully saturated rings. The van der Waals surface area contributed by atoms with Gasteiger partial charge in [0.1, 0.15) is 0 Å². The first-order valence-electron chi connectivity index (χ1n) is 6.74. The van der Waals surface area contributed by atoms with E-state index >= 15 is 0 Å². The van der Waals surface area contributed by atoms with Gasteiger partial charge in [0.15, 0.2) is 0 Å². The van der Waals surface area contributed by atoms with E-state index in [9.17, 15) is 23.1 Å². The number of methoxy groups -OCH3 is 1. The van der Waals surface area contributed by atoms with Crippen molar-refractivity contribution in [1.29, 1.82) is 0 Å². The first kappa shape index (κ1) is 17.5. The van der Waals surface area contributed by atoms with Gasteiger partial charge in [0, 0.05) is 0 Å². The maximum atomic E-state index is 12.5. The van der Waals surface area contributed by atoms with Crippen molar-refractivity contribution >= 4 is 5.97 Å². The molecule has 0 bridgehead atoms. The van der Waals surface area contributed by atoms with E-state index in [4.69, 9.17) is 0 Å². The molecule has 1 rings (SSSR count). The molecule has 0 heterocycles. The molecule has 0 saturated carbocycles. The topological polar surface area (TPSA) is 46.5 Å². The minimum atomic E-state index is -4.42. The summed E-state index contributed by atoms with van der Waals surface area (Å²) in [6.07, 6.45) is -3.62. The van der Waals surface area contributed by atoms with Gasteiger partial charge in [0.25, 0.3) is 0 Å². The molecular weight excluding hydrogens is 285 g/mol. The first-order chi connectivity index (χ1) is 9.81. The third-order valence-corrected chi connectivity index (χ3v) is 3.33. The van der Waals surface area contributed by atoms with Gasteiger partial charge in [-0.25, -0.2) is 0 Å². The van der Waals surface area contributed by atoms with Crippen molar-refractivity contribution in [2.45, 2.75) is 38.5 Å². The molecule has 0 radical (unpaired) electrons. The van der Waals surface area contributed by atoms with Crippen molar-refractivity contribution in [3.8, 4) is 0 Å². The Hall–Kier alpha value is -1.56. The smallest absolute Gasteiger partial charge is 0.416 e. The first-order valence-corrected chi connectivity index (χ1v) is 6.74. The number of rotatable bonds is 6. The number of aliphatic hydroxyl groups is 1. The van der Waals surface area contributed by atoms with Gasteiger partial charge < -0.3 is 9.84 Å². The average Bonchev–Trinajstić information content (AvgIpc) is 2.46. The van der Waals surface area contributed by atoms with E-state index in [1.807, 2.05) is 6.92 Å². The minimum absolute atomic E-state index is 0.273. The molecular formula is C15H19F3O3. The van der Waals surface area contributed by atoms with Gasteiger partial charge in [-0.1, -0.05) is 31.9 Å². The molecule has 0 amide bonds. The maximum Gasteiger partial charge on any atom is 0.416 e. The summed E-state index contributed by atoms with van der Waals surface area (Å²) in [5.74, 6) is -1.33. The highest BCUT2D eigenvalue weighted by Crippen LogP contribution is 2.32. The highest BCUT2D eigenvalue weighted by Gasteiger charge is 2.32. The fourth-order valence-electron chi connectivity index (χ4n) is 2.08. The molecule has 1 N–H and O–H groups in total. The van der Waals surface area contributed by atoms with Crippen molar-refractivity contribution in [1.82, 2.24) is 0 Å². The predicted octanol–water partition coefficient (Wildman–Crippen LogP) is 3.72. The van der Waals surface area contributed by atoms with Gasteiger partial charge in [0.2, 0.25) is 0 Å². The van der Waals surface area contributed by atoms with Crippen LogP contribution in [-0.4, -0.2) is 18.2 Å². The summed E-state index contributed by atoms with van der Waals surface area (Å²) < 4.78 is 42.1. The van der Waals surface area contributed by atoms with Crippen molar-refractivity contribution in [2.24, 2.45) is 5.92 Å². The SMILES string of the molecule is CCCCC(C(=O)OC)C(O)c1ccc(C(F)(F)F)cc1. The molecule has 0 saturated heterocycles. The van der Waals surface area contributed by atoms with E-state index < -0.39 is 29.7 Å². The van der Waals surface area contributed by atoms with Crippen LogP contribution in [0.4, 0.5) is 13.2 Å². The summed E-state index contributed by atoms with van der Waals surface area (Å²) in [5, 5.41) is 10.2. The Morgan fingerprint density at radius 1 is 1.29 bits per heavy atom. The molecule has 3 nitrogen and oxygen atoms in total. The van der Waals surface area contributed by atoms with Crippen LogP contribution < -0.4 is 0 Å². The number of halogens is 3. The predicted molar refractivity (Wildman–Crippen MR) is 71.4 cm³/mol. The lowest BCUT2D eigenvalue weighted by Gasteiger charge is -2.21. The number of carbonyl (C=O) groups excluding carboxylic acids is 1. The summed E-state index contributed by atoms with van der Waals surface area (Å²) in [4.78, 5) is 11.7. The highest BCUT2D eigenvalue weighted by atomic mass is 19.4. The molecule has 0 aliphatic carbocycles. The summed E-state index contributed by atoms with van der Waals surface area (Å²) in [6, 6.07) is 4.17. The third-order valence-electron chi connectivity index (χ3n) is 3.33. The lowest BCUT2D eigenvalue weighted by atomic mass is 9.91. The zero-order valence-corrected chi connectivity index (χ0v) is 12.0. The Kier molecular flexibility index (Phi) is 6.20. The van der Waals surface area contributed by atoms with Crippen LogP contribution in [-0.2, 0) is 15.7 Å². The normalized spacial score (nSPS) is 14.6. The van der Waals surface area contributed by atoms with Crippen molar-refractivity contribution < 1.29 is 27.8 Å². The maximum absolute atomic E-state index is 12.5. The van der Waals surface area contributed by atoms with E-state index in [2.05, 4.69) is 4.74 Å². The molecule has 118 valence electrons. The van der Waals surface area contributed by atoms with Crippen molar-refractivity contribution in [3.05, 3.63) is 35.4 Å². The third kappa shape index (κ3) is 4.74. The van der Waals surface area contributed by atoms with Crippen molar-refractivity contribution in [3.63, 3.8) is 0 Å². The number of aliphatic hydroxyl groups excluding tert-OH is 1. The quantitative estimate of drug-likeness (QED) is 0.815. The number of benzene rings is 1. The van der Waals surface area contributed by atoms with Gasteiger partial charge in [-0.15, -0.1) is 0 Å². The Balaban J connectivity index is 2.92. The van der Waals surface area contributed by atoms with Crippen LogP contribution in [0.3, 0.4) is 0 Å². The fourth-order valence-corrected chi connectivity index (χ4v) is 2.08. The average molecular weight is 304 g/mol. The van der Waals surface area contributed by atoms with Gasteiger partial charge >= 0.3 is 12.1 Å². The Bertz CT molecular complexity index is 454. The number of ether oxygens (including phenoxy) is 1. The zero-order chi connectivity index (χ0) is 16.0. The van der Waals surface area contributed by atoms with E-state index in [-0.39, 0.29) is 5.56 Å². The van der Waals surface area contributed by atoms with Crippen LogP contribution in [0.15, 0.2) is 24.3 Å². The molecule has 0 spiro atoms. The Morgan fingerprint density at radius 3 is 2.29 bits per heavy atom. The molecule has 6 heteroatoms.